The van der Waals surface area contributed by atoms with Crippen molar-refractivity contribution >= 4 is 16.1 Å². The Morgan fingerprint density at radius 3 is 2.38 bits per heavy atom. The molecule has 94 valence electrons. The summed E-state index contributed by atoms with van der Waals surface area (Å²) in [5.74, 6) is -0.308. The number of nitrogens with one attached hydrogen (secondary N) is 2. The average molecular weight is 249 g/mol. The molecule has 0 atom stereocenters. The van der Waals surface area contributed by atoms with E-state index in [9.17, 15) is 13.2 Å². The molecule has 1 rings (SSSR count). The summed E-state index contributed by atoms with van der Waals surface area (Å²) in [6, 6.07) is 0.0174. The van der Waals surface area contributed by atoms with E-state index in [0.717, 1.165) is 12.8 Å². The molecule has 1 amide bonds. The van der Waals surface area contributed by atoms with Gasteiger partial charge in [-0.05, 0) is 26.7 Å². The van der Waals surface area contributed by atoms with Crippen LogP contribution < -0.4 is 10.0 Å². The summed E-state index contributed by atoms with van der Waals surface area (Å²) < 4.78 is 27.0. The molecule has 16 heavy (non-hydrogen) atoms. The fourth-order valence-corrected chi connectivity index (χ4v) is 2.78. The van der Waals surface area contributed by atoms with Crippen molar-refractivity contribution in [2.75, 3.05) is 19.6 Å². The van der Waals surface area contributed by atoms with Crippen LogP contribution in [0, 0.1) is 0 Å². The minimum absolute atomic E-state index is 0.0174. The van der Waals surface area contributed by atoms with Gasteiger partial charge >= 0.3 is 0 Å². The lowest BCUT2D eigenvalue weighted by atomic mass is 10.4. The van der Waals surface area contributed by atoms with Crippen molar-refractivity contribution in [3.05, 3.63) is 0 Å². The first kappa shape index (κ1) is 13.4. The van der Waals surface area contributed by atoms with Gasteiger partial charge in [0, 0.05) is 19.1 Å². The zero-order valence-corrected chi connectivity index (χ0v) is 10.5. The molecule has 1 heterocycles. The Kier molecular flexibility index (Phi) is 4.69. The van der Waals surface area contributed by atoms with Crippen molar-refractivity contribution in [2.45, 2.75) is 32.7 Å². The molecule has 1 aliphatic heterocycles. The third kappa shape index (κ3) is 4.07. The molecule has 7 heteroatoms. The van der Waals surface area contributed by atoms with E-state index in [1.807, 2.05) is 13.8 Å². The second-order valence-electron chi connectivity index (χ2n) is 4.15. The van der Waals surface area contributed by atoms with E-state index < -0.39 is 10.2 Å². The van der Waals surface area contributed by atoms with Crippen LogP contribution in [0.25, 0.3) is 0 Å². The minimum atomic E-state index is -3.47. The molecule has 0 bridgehead atoms. The van der Waals surface area contributed by atoms with E-state index in [1.165, 1.54) is 4.31 Å². The SMILES string of the molecule is CC(C)NC(=O)CNS(=O)(=O)N1CCCC1. The highest BCUT2D eigenvalue weighted by Gasteiger charge is 2.25. The zero-order valence-electron chi connectivity index (χ0n) is 9.69. The van der Waals surface area contributed by atoms with Gasteiger partial charge in [-0.25, -0.2) is 0 Å². The Morgan fingerprint density at radius 1 is 1.31 bits per heavy atom. The second-order valence-corrected chi connectivity index (χ2v) is 5.91. The van der Waals surface area contributed by atoms with E-state index in [2.05, 4.69) is 10.0 Å². The Balaban J connectivity index is 2.38. The fraction of sp³-hybridized carbons (Fsp3) is 0.889. The smallest absolute Gasteiger partial charge is 0.279 e. The first-order valence-corrected chi connectivity index (χ1v) is 6.90. The van der Waals surface area contributed by atoms with Crippen molar-refractivity contribution in [2.24, 2.45) is 0 Å². The number of nitrogens with zero attached hydrogens (tertiary/aromatic N) is 1. The molecule has 0 aliphatic carbocycles. The number of amides is 1. The number of hydrogen-bond donors (Lipinski definition) is 2. The van der Waals surface area contributed by atoms with Crippen LogP contribution in [0.15, 0.2) is 0 Å². The maximum absolute atomic E-state index is 11.7. The third-order valence-corrected chi connectivity index (χ3v) is 3.82. The van der Waals surface area contributed by atoms with Crippen LogP contribution in [0.2, 0.25) is 0 Å². The minimum Gasteiger partial charge on any atom is -0.353 e. The number of hydrogen-bond acceptors (Lipinski definition) is 3. The summed E-state index contributed by atoms with van der Waals surface area (Å²) in [6.45, 7) is 4.54. The second kappa shape index (κ2) is 5.60. The molecule has 2 N–H and O–H groups in total. The van der Waals surface area contributed by atoms with E-state index in [1.54, 1.807) is 0 Å². The molecule has 0 aromatic heterocycles. The summed E-state index contributed by atoms with van der Waals surface area (Å²) in [5.41, 5.74) is 0. The molecule has 0 radical (unpaired) electrons. The average Bonchev–Trinajstić information content (AvgIpc) is 2.67. The lowest BCUT2D eigenvalue weighted by Crippen LogP contribution is -2.45. The number of rotatable bonds is 5. The van der Waals surface area contributed by atoms with Gasteiger partial charge in [0.05, 0.1) is 6.54 Å². The molecule has 0 aromatic carbocycles. The van der Waals surface area contributed by atoms with Gasteiger partial charge in [-0.15, -0.1) is 0 Å². The lowest BCUT2D eigenvalue weighted by Gasteiger charge is -2.16. The molecule has 1 saturated heterocycles. The van der Waals surface area contributed by atoms with E-state index in [-0.39, 0.29) is 18.5 Å². The summed E-state index contributed by atoms with van der Waals surface area (Å²) >= 11 is 0. The van der Waals surface area contributed by atoms with Gasteiger partial charge in [0.2, 0.25) is 5.91 Å². The highest BCUT2D eigenvalue weighted by molar-refractivity contribution is 7.87. The molecule has 1 fully saturated rings. The van der Waals surface area contributed by atoms with E-state index >= 15 is 0 Å². The molecular formula is C9H19N3O3S. The summed E-state index contributed by atoms with van der Waals surface area (Å²) in [5, 5.41) is 2.62. The van der Waals surface area contributed by atoms with Gasteiger partial charge in [0.15, 0.2) is 0 Å². The fourth-order valence-electron chi connectivity index (χ4n) is 1.55. The largest absolute Gasteiger partial charge is 0.353 e. The van der Waals surface area contributed by atoms with Crippen molar-refractivity contribution in [3.8, 4) is 0 Å². The summed E-state index contributed by atoms with van der Waals surface area (Å²) in [6.07, 6.45) is 1.78. The van der Waals surface area contributed by atoms with Crippen LogP contribution in [0.4, 0.5) is 0 Å². The summed E-state index contributed by atoms with van der Waals surface area (Å²) in [4.78, 5) is 11.3. The Labute approximate surface area is 96.6 Å². The Hall–Kier alpha value is -0.660. The van der Waals surface area contributed by atoms with Crippen LogP contribution in [0.3, 0.4) is 0 Å². The van der Waals surface area contributed by atoms with Gasteiger partial charge in [0.1, 0.15) is 0 Å². The third-order valence-electron chi connectivity index (χ3n) is 2.27. The van der Waals surface area contributed by atoms with Crippen molar-refractivity contribution < 1.29 is 13.2 Å². The van der Waals surface area contributed by atoms with Gasteiger partial charge < -0.3 is 5.32 Å². The molecule has 0 saturated carbocycles. The van der Waals surface area contributed by atoms with Crippen LogP contribution in [0.5, 0.6) is 0 Å². The molecule has 6 nitrogen and oxygen atoms in total. The first-order chi connectivity index (χ1) is 7.42. The standard InChI is InChI=1S/C9H19N3O3S/c1-8(2)11-9(13)7-10-16(14,15)12-5-3-4-6-12/h8,10H,3-7H2,1-2H3,(H,11,13). The summed E-state index contributed by atoms with van der Waals surface area (Å²) in [7, 11) is -3.47. The van der Waals surface area contributed by atoms with E-state index in [0.29, 0.717) is 13.1 Å². The maximum Gasteiger partial charge on any atom is 0.279 e. The van der Waals surface area contributed by atoms with Crippen LogP contribution in [-0.2, 0) is 15.0 Å². The van der Waals surface area contributed by atoms with Crippen molar-refractivity contribution in [1.29, 1.82) is 0 Å². The topological polar surface area (TPSA) is 78.5 Å². The van der Waals surface area contributed by atoms with Gasteiger partial charge in [-0.2, -0.15) is 17.4 Å². The van der Waals surface area contributed by atoms with Crippen LogP contribution in [-0.4, -0.2) is 44.3 Å². The number of carbonyl (C=O) groups is 1. The van der Waals surface area contributed by atoms with Crippen LogP contribution in [0.1, 0.15) is 26.7 Å². The Morgan fingerprint density at radius 2 is 1.88 bits per heavy atom. The normalized spacial score (nSPS) is 17.9. The van der Waals surface area contributed by atoms with E-state index in [4.69, 9.17) is 0 Å². The molecule has 0 aromatic rings. The first-order valence-electron chi connectivity index (χ1n) is 5.46. The monoisotopic (exact) mass is 249 g/mol. The molecular weight excluding hydrogens is 230 g/mol. The highest BCUT2D eigenvalue weighted by atomic mass is 32.2. The predicted molar refractivity (Wildman–Crippen MR) is 61.0 cm³/mol. The lowest BCUT2D eigenvalue weighted by molar-refractivity contribution is -0.120. The molecule has 1 aliphatic rings. The highest BCUT2D eigenvalue weighted by Crippen LogP contribution is 2.10. The number of carbonyl (C=O) groups excluding carboxylic acids is 1. The zero-order chi connectivity index (χ0) is 12.2. The van der Waals surface area contributed by atoms with Gasteiger partial charge in [-0.3, -0.25) is 4.79 Å². The van der Waals surface area contributed by atoms with Crippen LogP contribution >= 0.6 is 0 Å². The molecule has 0 unspecified atom stereocenters. The van der Waals surface area contributed by atoms with Gasteiger partial charge in [0.25, 0.3) is 10.2 Å². The van der Waals surface area contributed by atoms with Crippen molar-refractivity contribution in [3.63, 3.8) is 0 Å². The Bertz CT molecular complexity index is 334. The van der Waals surface area contributed by atoms with Gasteiger partial charge in [-0.1, -0.05) is 0 Å². The predicted octanol–water partition coefficient (Wildman–Crippen LogP) is -0.559. The quantitative estimate of drug-likeness (QED) is 0.685. The molecule has 0 spiro atoms. The maximum atomic E-state index is 11.7. The van der Waals surface area contributed by atoms with Crippen molar-refractivity contribution in [1.82, 2.24) is 14.3 Å².